The van der Waals surface area contributed by atoms with Crippen LogP contribution in [0.3, 0.4) is 0 Å². The van der Waals surface area contributed by atoms with Crippen molar-refractivity contribution in [3.8, 4) is 24.7 Å². The lowest BCUT2D eigenvalue weighted by atomic mass is 10.6. The number of hydrogen-bond acceptors (Lipinski definition) is 6. The van der Waals surface area contributed by atoms with Crippen LogP contribution in [0.25, 0.3) is 0 Å². The molecule has 17 heavy (non-hydrogen) atoms. The van der Waals surface area contributed by atoms with Crippen LogP contribution in [-0.2, 0) is 0 Å². The standard InChI is InChI=1S/C10H12N6.ClH/c1-4-6-12-9-14-8(11-3)15-10(16-9)13-7-5-2;/h1-2H,6-7H2,3H3,(H3,11,12,13,14,15,16);1H. The first kappa shape index (κ1) is 14.8. The number of nitrogens with zero attached hydrogens (tertiary/aromatic N) is 3. The van der Waals surface area contributed by atoms with Gasteiger partial charge in [-0.3, -0.25) is 0 Å². The third-order valence-corrected chi connectivity index (χ3v) is 1.56. The highest BCUT2D eigenvalue weighted by atomic mass is 35.5. The summed E-state index contributed by atoms with van der Waals surface area (Å²) in [6.07, 6.45) is 10.2. The van der Waals surface area contributed by atoms with Gasteiger partial charge in [0.05, 0.1) is 13.1 Å². The lowest BCUT2D eigenvalue weighted by Crippen LogP contribution is -2.11. The summed E-state index contributed by atoms with van der Waals surface area (Å²) in [5.41, 5.74) is 0. The molecule has 1 heterocycles. The fourth-order valence-corrected chi connectivity index (χ4v) is 0.906. The van der Waals surface area contributed by atoms with E-state index >= 15 is 0 Å². The molecule has 1 aromatic heterocycles. The normalized spacial score (nSPS) is 8.18. The third-order valence-electron chi connectivity index (χ3n) is 1.56. The Labute approximate surface area is 106 Å². The molecule has 0 amide bonds. The Kier molecular flexibility index (Phi) is 7.00. The van der Waals surface area contributed by atoms with Gasteiger partial charge in [-0.2, -0.15) is 15.0 Å². The van der Waals surface area contributed by atoms with Gasteiger partial charge < -0.3 is 16.0 Å². The van der Waals surface area contributed by atoms with Gasteiger partial charge in [-0.05, 0) is 0 Å². The van der Waals surface area contributed by atoms with E-state index in [0.717, 1.165) is 0 Å². The molecule has 0 aromatic carbocycles. The van der Waals surface area contributed by atoms with Crippen molar-refractivity contribution < 1.29 is 0 Å². The van der Waals surface area contributed by atoms with Crippen LogP contribution in [0.2, 0.25) is 0 Å². The molecule has 0 fully saturated rings. The summed E-state index contributed by atoms with van der Waals surface area (Å²) < 4.78 is 0. The SMILES string of the molecule is C#CCNc1nc(NC)nc(NCC#C)n1.Cl. The van der Waals surface area contributed by atoms with E-state index in [-0.39, 0.29) is 12.4 Å². The Morgan fingerprint density at radius 1 is 0.941 bits per heavy atom. The molecule has 3 N–H and O–H groups in total. The molecule has 6 nitrogen and oxygen atoms in total. The highest BCUT2D eigenvalue weighted by Crippen LogP contribution is 2.07. The summed E-state index contributed by atoms with van der Waals surface area (Å²) in [6.45, 7) is 0.698. The van der Waals surface area contributed by atoms with Crippen LogP contribution >= 0.6 is 12.4 Å². The fraction of sp³-hybridized carbons (Fsp3) is 0.300. The van der Waals surface area contributed by atoms with Gasteiger partial charge in [-0.1, -0.05) is 11.8 Å². The molecule has 0 aliphatic rings. The van der Waals surface area contributed by atoms with Crippen LogP contribution in [0.4, 0.5) is 17.8 Å². The van der Waals surface area contributed by atoms with Crippen molar-refractivity contribution in [1.29, 1.82) is 0 Å². The van der Waals surface area contributed by atoms with Crippen molar-refractivity contribution in [1.82, 2.24) is 15.0 Å². The molecule has 0 aliphatic heterocycles. The summed E-state index contributed by atoms with van der Waals surface area (Å²) >= 11 is 0. The Balaban J connectivity index is 0.00000256. The summed E-state index contributed by atoms with van der Waals surface area (Å²) in [5, 5.41) is 8.53. The third kappa shape index (κ3) is 4.92. The molecule has 0 spiro atoms. The second kappa shape index (κ2) is 8.03. The van der Waals surface area contributed by atoms with E-state index in [1.165, 1.54) is 0 Å². The summed E-state index contributed by atoms with van der Waals surface area (Å²) in [6, 6.07) is 0. The molecular formula is C10H13ClN6. The average Bonchev–Trinajstić information content (AvgIpc) is 2.33. The summed E-state index contributed by atoms with van der Waals surface area (Å²) in [7, 11) is 1.71. The number of aromatic nitrogens is 3. The molecule has 0 atom stereocenters. The molecular weight excluding hydrogens is 240 g/mol. The van der Waals surface area contributed by atoms with Crippen LogP contribution < -0.4 is 16.0 Å². The van der Waals surface area contributed by atoms with Crippen molar-refractivity contribution in [2.45, 2.75) is 0 Å². The zero-order valence-electron chi connectivity index (χ0n) is 9.32. The van der Waals surface area contributed by atoms with E-state index in [2.05, 4.69) is 42.7 Å². The molecule has 0 saturated heterocycles. The first-order chi connectivity index (χ1) is 7.80. The van der Waals surface area contributed by atoms with Crippen LogP contribution in [0.15, 0.2) is 0 Å². The molecule has 0 unspecified atom stereocenters. The minimum absolute atomic E-state index is 0. The quantitative estimate of drug-likeness (QED) is 0.660. The van der Waals surface area contributed by atoms with Gasteiger partial charge in [-0.25, -0.2) is 0 Å². The first-order valence-electron chi connectivity index (χ1n) is 4.58. The molecule has 0 radical (unpaired) electrons. The van der Waals surface area contributed by atoms with E-state index in [9.17, 15) is 0 Å². The molecule has 0 bridgehead atoms. The minimum atomic E-state index is 0. The van der Waals surface area contributed by atoms with E-state index in [0.29, 0.717) is 30.9 Å². The van der Waals surface area contributed by atoms with Crippen molar-refractivity contribution in [3.63, 3.8) is 0 Å². The van der Waals surface area contributed by atoms with Gasteiger partial charge in [0.15, 0.2) is 0 Å². The minimum Gasteiger partial charge on any atom is -0.357 e. The largest absolute Gasteiger partial charge is 0.357 e. The molecule has 7 heteroatoms. The maximum absolute atomic E-state index is 5.12. The van der Waals surface area contributed by atoms with Crippen LogP contribution in [0.1, 0.15) is 0 Å². The number of anilines is 3. The van der Waals surface area contributed by atoms with Gasteiger partial charge in [0.2, 0.25) is 17.8 Å². The Morgan fingerprint density at radius 2 is 1.35 bits per heavy atom. The van der Waals surface area contributed by atoms with Crippen LogP contribution in [0, 0.1) is 24.7 Å². The predicted molar refractivity (Wildman–Crippen MR) is 71.3 cm³/mol. The van der Waals surface area contributed by atoms with Crippen molar-refractivity contribution in [2.75, 3.05) is 36.1 Å². The van der Waals surface area contributed by atoms with Gasteiger partial charge in [0.1, 0.15) is 0 Å². The Bertz CT molecular complexity index is 397. The number of hydrogen-bond donors (Lipinski definition) is 3. The van der Waals surface area contributed by atoms with Crippen molar-refractivity contribution in [2.24, 2.45) is 0 Å². The molecule has 1 aromatic rings. The van der Waals surface area contributed by atoms with Gasteiger partial charge >= 0.3 is 0 Å². The van der Waals surface area contributed by atoms with Gasteiger partial charge in [0.25, 0.3) is 0 Å². The highest BCUT2D eigenvalue weighted by molar-refractivity contribution is 5.85. The van der Waals surface area contributed by atoms with Gasteiger partial charge in [-0.15, -0.1) is 25.3 Å². The highest BCUT2D eigenvalue weighted by Gasteiger charge is 2.03. The maximum Gasteiger partial charge on any atom is 0.230 e. The lowest BCUT2D eigenvalue weighted by Gasteiger charge is -2.06. The molecule has 0 aliphatic carbocycles. The predicted octanol–water partition coefficient (Wildman–Crippen LogP) is 0.425. The Hall–Kier alpha value is -2.18. The monoisotopic (exact) mass is 252 g/mol. The summed E-state index contributed by atoms with van der Waals surface area (Å²) in [5.74, 6) is 6.10. The van der Waals surface area contributed by atoms with Crippen LogP contribution in [0.5, 0.6) is 0 Å². The fourth-order valence-electron chi connectivity index (χ4n) is 0.906. The number of nitrogens with one attached hydrogen (secondary N) is 3. The van der Waals surface area contributed by atoms with E-state index in [1.54, 1.807) is 7.05 Å². The van der Waals surface area contributed by atoms with Gasteiger partial charge in [0, 0.05) is 7.05 Å². The number of terminal acetylenes is 2. The summed E-state index contributed by atoms with van der Waals surface area (Å²) in [4.78, 5) is 12.2. The van der Waals surface area contributed by atoms with E-state index in [4.69, 9.17) is 12.8 Å². The topological polar surface area (TPSA) is 74.8 Å². The zero-order valence-corrected chi connectivity index (χ0v) is 10.1. The second-order valence-corrected chi connectivity index (χ2v) is 2.67. The van der Waals surface area contributed by atoms with Crippen molar-refractivity contribution >= 4 is 30.3 Å². The van der Waals surface area contributed by atoms with E-state index < -0.39 is 0 Å². The lowest BCUT2D eigenvalue weighted by molar-refractivity contribution is 1.03. The zero-order chi connectivity index (χ0) is 11.8. The van der Waals surface area contributed by atoms with Crippen molar-refractivity contribution in [3.05, 3.63) is 0 Å². The first-order valence-corrected chi connectivity index (χ1v) is 4.58. The second-order valence-electron chi connectivity index (χ2n) is 2.67. The Morgan fingerprint density at radius 3 is 1.71 bits per heavy atom. The molecule has 90 valence electrons. The number of rotatable bonds is 5. The molecule has 1 rings (SSSR count). The maximum atomic E-state index is 5.12. The van der Waals surface area contributed by atoms with Crippen LogP contribution in [-0.4, -0.2) is 35.1 Å². The smallest absolute Gasteiger partial charge is 0.230 e. The number of halogens is 1. The average molecular weight is 253 g/mol. The van der Waals surface area contributed by atoms with E-state index in [1.807, 2.05) is 0 Å². The molecule has 0 saturated carbocycles.